The third kappa shape index (κ3) is 2.84. The van der Waals surface area contributed by atoms with E-state index < -0.39 is 5.97 Å². The van der Waals surface area contributed by atoms with E-state index >= 15 is 0 Å². The van der Waals surface area contributed by atoms with E-state index in [1.54, 1.807) is 4.68 Å². The summed E-state index contributed by atoms with van der Waals surface area (Å²) in [6, 6.07) is 0. The van der Waals surface area contributed by atoms with Crippen LogP contribution in [0.1, 0.15) is 42.8 Å². The number of carboxylic acids is 1. The van der Waals surface area contributed by atoms with Gasteiger partial charge in [0, 0.05) is 6.54 Å². The molecule has 8 heteroatoms. The number of hydrogen-bond acceptors (Lipinski definition) is 5. The Kier molecular flexibility index (Phi) is 4.11. The van der Waals surface area contributed by atoms with Crippen LogP contribution in [0.25, 0.3) is 0 Å². The molecule has 0 unspecified atom stereocenters. The highest BCUT2D eigenvalue weighted by Crippen LogP contribution is 2.09. The van der Waals surface area contributed by atoms with Crippen LogP contribution in [0.5, 0.6) is 0 Å². The minimum atomic E-state index is -1.06. The molecule has 8 nitrogen and oxygen atoms in total. The van der Waals surface area contributed by atoms with Crippen molar-refractivity contribution < 1.29 is 9.90 Å². The summed E-state index contributed by atoms with van der Waals surface area (Å²) in [6.07, 6.45) is 2.05. The van der Waals surface area contributed by atoms with Crippen molar-refractivity contribution in [3.63, 3.8) is 0 Å². The minimum absolute atomic E-state index is 0.00225. The fourth-order valence-corrected chi connectivity index (χ4v) is 2.02. The normalized spacial score (nSPS) is 11.2. The number of hydrogen-bond donors (Lipinski definition) is 1. The lowest BCUT2D eigenvalue weighted by molar-refractivity contribution is 0.0689. The Bertz CT molecular complexity index is 601. The maximum Gasteiger partial charge on any atom is 0.358 e. The number of rotatable bonds is 6. The molecule has 2 aromatic heterocycles. The Labute approximate surface area is 116 Å². The molecule has 0 saturated carbocycles. The second kappa shape index (κ2) is 5.81. The van der Waals surface area contributed by atoms with Crippen LogP contribution in [0, 0.1) is 5.92 Å². The summed E-state index contributed by atoms with van der Waals surface area (Å²) < 4.78 is 3.39. The predicted octanol–water partition coefficient (Wildman–Crippen LogP) is 0.834. The van der Waals surface area contributed by atoms with Crippen molar-refractivity contribution in [3.8, 4) is 0 Å². The maximum absolute atomic E-state index is 11.1. The Morgan fingerprint density at radius 2 is 2.15 bits per heavy atom. The first kappa shape index (κ1) is 14.2. The van der Waals surface area contributed by atoms with E-state index in [-0.39, 0.29) is 5.69 Å². The first-order valence-corrected chi connectivity index (χ1v) is 6.55. The predicted molar refractivity (Wildman–Crippen MR) is 70.3 cm³/mol. The Morgan fingerprint density at radius 1 is 1.40 bits per heavy atom. The van der Waals surface area contributed by atoms with Crippen molar-refractivity contribution in [1.82, 2.24) is 29.8 Å². The van der Waals surface area contributed by atoms with Crippen molar-refractivity contribution in [2.45, 2.75) is 40.3 Å². The van der Waals surface area contributed by atoms with Gasteiger partial charge in [0.25, 0.3) is 0 Å². The van der Waals surface area contributed by atoms with Gasteiger partial charge in [0.1, 0.15) is 18.7 Å². The molecule has 0 spiro atoms. The highest BCUT2D eigenvalue weighted by Gasteiger charge is 2.18. The molecule has 0 fully saturated rings. The molecule has 0 aliphatic carbocycles. The van der Waals surface area contributed by atoms with Gasteiger partial charge in [-0.2, -0.15) is 5.10 Å². The molecule has 108 valence electrons. The lowest BCUT2D eigenvalue weighted by Gasteiger charge is -2.09. The zero-order valence-corrected chi connectivity index (χ0v) is 11.8. The van der Waals surface area contributed by atoms with Crippen molar-refractivity contribution in [1.29, 1.82) is 0 Å². The minimum Gasteiger partial charge on any atom is -0.476 e. The lowest BCUT2D eigenvalue weighted by atomic mass is 10.2. The summed E-state index contributed by atoms with van der Waals surface area (Å²) in [4.78, 5) is 15.3. The van der Waals surface area contributed by atoms with Crippen LogP contribution in [0.4, 0.5) is 0 Å². The molecule has 2 aromatic rings. The Balaban J connectivity index is 2.26. The van der Waals surface area contributed by atoms with Crippen LogP contribution >= 0.6 is 0 Å². The van der Waals surface area contributed by atoms with Crippen LogP contribution in [-0.4, -0.2) is 40.8 Å². The molecule has 2 heterocycles. The topological polar surface area (TPSA) is 98.7 Å². The molecule has 0 aliphatic rings. The third-order valence-electron chi connectivity index (χ3n) is 2.90. The Morgan fingerprint density at radius 3 is 2.75 bits per heavy atom. The van der Waals surface area contributed by atoms with Gasteiger partial charge in [-0.15, -0.1) is 5.10 Å². The van der Waals surface area contributed by atoms with Gasteiger partial charge >= 0.3 is 5.97 Å². The first-order chi connectivity index (χ1) is 9.52. The maximum atomic E-state index is 11.1. The van der Waals surface area contributed by atoms with E-state index in [0.717, 1.165) is 12.4 Å². The average Bonchev–Trinajstić information content (AvgIpc) is 2.96. The van der Waals surface area contributed by atoms with E-state index in [1.165, 1.54) is 6.33 Å². The summed E-state index contributed by atoms with van der Waals surface area (Å²) >= 11 is 0. The Hall–Kier alpha value is -2.25. The van der Waals surface area contributed by atoms with E-state index in [4.69, 9.17) is 5.11 Å². The zero-order chi connectivity index (χ0) is 14.7. The van der Waals surface area contributed by atoms with Gasteiger partial charge in [0.05, 0.1) is 5.69 Å². The average molecular weight is 278 g/mol. The van der Waals surface area contributed by atoms with Gasteiger partial charge in [-0.25, -0.2) is 19.1 Å². The van der Waals surface area contributed by atoms with E-state index in [0.29, 0.717) is 24.6 Å². The fourth-order valence-electron chi connectivity index (χ4n) is 2.02. The molecule has 20 heavy (non-hydrogen) atoms. The van der Waals surface area contributed by atoms with Gasteiger partial charge in [-0.1, -0.05) is 26.0 Å². The molecule has 0 radical (unpaired) electrons. The molecule has 1 N–H and O–H groups in total. The molecule has 0 atom stereocenters. The van der Waals surface area contributed by atoms with E-state index in [9.17, 15) is 4.79 Å². The SMILES string of the molecule is CCc1c(C(=O)O)nnn1Cc1ncnn1CC(C)C. The zero-order valence-electron chi connectivity index (χ0n) is 11.8. The molecule has 0 aromatic carbocycles. The number of carboxylic acid groups (broad SMARTS) is 1. The molecule has 0 amide bonds. The number of carbonyl (C=O) groups is 1. The quantitative estimate of drug-likeness (QED) is 0.840. The van der Waals surface area contributed by atoms with Crippen LogP contribution in [0.2, 0.25) is 0 Å². The first-order valence-electron chi connectivity index (χ1n) is 6.55. The smallest absolute Gasteiger partial charge is 0.358 e. The van der Waals surface area contributed by atoms with Crippen molar-refractivity contribution in [3.05, 3.63) is 23.5 Å². The van der Waals surface area contributed by atoms with Gasteiger partial charge in [0.2, 0.25) is 0 Å². The molecular weight excluding hydrogens is 260 g/mol. The summed E-state index contributed by atoms with van der Waals surface area (Å²) in [5.74, 6) is 0.137. The third-order valence-corrected chi connectivity index (χ3v) is 2.90. The van der Waals surface area contributed by atoms with Gasteiger partial charge in [-0.05, 0) is 12.3 Å². The number of aromatic nitrogens is 6. The highest BCUT2D eigenvalue weighted by atomic mass is 16.4. The molecule has 2 rings (SSSR count). The van der Waals surface area contributed by atoms with Crippen molar-refractivity contribution >= 4 is 5.97 Å². The number of aromatic carboxylic acids is 1. The molecule has 0 bridgehead atoms. The molecule has 0 saturated heterocycles. The fraction of sp³-hybridized carbons (Fsp3) is 0.583. The van der Waals surface area contributed by atoms with E-state index in [1.807, 2.05) is 11.6 Å². The standard InChI is InChI=1S/C12H18N6O2/c1-4-9-11(12(19)20)15-16-17(9)6-10-13-7-14-18(10)5-8(2)3/h7-8H,4-6H2,1-3H3,(H,19,20). The largest absolute Gasteiger partial charge is 0.476 e. The molecular formula is C12H18N6O2. The van der Waals surface area contributed by atoms with Crippen LogP contribution < -0.4 is 0 Å². The molecule has 0 aliphatic heterocycles. The summed E-state index contributed by atoms with van der Waals surface area (Å²) in [5.41, 5.74) is 0.596. The summed E-state index contributed by atoms with van der Waals surface area (Å²) in [7, 11) is 0. The lowest BCUT2D eigenvalue weighted by Crippen LogP contribution is -2.15. The van der Waals surface area contributed by atoms with Crippen LogP contribution in [-0.2, 0) is 19.5 Å². The summed E-state index contributed by atoms with van der Waals surface area (Å²) in [5, 5.41) is 20.9. The van der Waals surface area contributed by atoms with Crippen molar-refractivity contribution in [2.75, 3.05) is 0 Å². The van der Waals surface area contributed by atoms with E-state index in [2.05, 4.69) is 34.2 Å². The second-order valence-corrected chi connectivity index (χ2v) is 4.95. The summed E-state index contributed by atoms with van der Waals surface area (Å²) in [6.45, 7) is 7.20. The van der Waals surface area contributed by atoms with Crippen LogP contribution in [0.3, 0.4) is 0 Å². The van der Waals surface area contributed by atoms with Gasteiger partial charge in [-0.3, -0.25) is 0 Å². The second-order valence-electron chi connectivity index (χ2n) is 4.95. The monoisotopic (exact) mass is 278 g/mol. The van der Waals surface area contributed by atoms with Gasteiger partial charge < -0.3 is 5.11 Å². The van der Waals surface area contributed by atoms with Crippen molar-refractivity contribution in [2.24, 2.45) is 5.92 Å². The number of nitrogens with zero attached hydrogens (tertiary/aromatic N) is 6. The van der Waals surface area contributed by atoms with Gasteiger partial charge in [0.15, 0.2) is 5.69 Å². The highest BCUT2D eigenvalue weighted by molar-refractivity contribution is 5.86. The van der Waals surface area contributed by atoms with Crippen LogP contribution in [0.15, 0.2) is 6.33 Å².